The van der Waals surface area contributed by atoms with Crippen LogP contribution in [0.15, 0.2) is 146 Å². The third kappa shape index (κ3) is 68.2. The monoisotopic (exact) mass is 1300 g/mol. The van der Waals surface area contributed by atoms with Crippen molar-refractivity contribution < 1.29 is 57.6 Å². The number of aliphatic hydroxyl groups is 1. The highest BCUT2D eigenvalue weighted by Crippen LogP contribution is 2.10. The van der Waals surface area contributed by atoms with Crippen LogP contribution in [0.3, 0.4) is 0 Å². The molecule has 0 aliphatic carbocycles. The van der Waals surface area contributed by atoms with Crippen LogP contribution in [0.4, 0.5) is 0 Å². The second-order valence-electron chi connectivity index (χ2n) is 22.1. The Bertz CT molecular complexity index is 2230. The molecule has 0 aliphatic heterocycles. The minimum atomic E-state index is -0.431. The Morgan fingerprint density at radius 2 is 0.699 bits per heavy atom. The van der Waals surface area contributed by atoms with E-state index in [4.69, 9.17) is 23.7 Å². The Morgan fingerprint density at radius 3 is 1.09 bits per heavy atom. The quantitative estimate of drug-likeness (QED) is 0.0222. The van der Waals surface area contributed by atoms with E-state index in [1.54, 1.807) is 7.11 Å². The Kier molecular flexibility index (Phi) is 66.3. The van der Waals surface area contributed by atoms with Crippen molar-refractivity contribution in [3.05, 3.63) is 146 Å². The highest BCUT2D eigenvalue weighted by atomic mass is 16.5. The number of ether oxygens (including phenoxy) is 5. The predicted octanol–water partition coefficient (Wildman–Crippen LogP) is 11.8. The lowest BCUT2D eigenvalue weighted by molar-refractivity contribution is -0.127. The van der Waals surface area contributed by atoms with Crippen LogP contribution in [0, 0.1) is 5.92 Å². The van der Waals surface area contributed by atoms with Gasteiger partial charge in [-0.3, -0.25) is 28.8 Å². The number of methoxy groups -OCH3 is 1. The summed E-state index contributed by atoms with van der Waals surface area (Å²) in [4.78, 5) is 75.1. The Labute approximate surface area is 560 Å². The van der Waals surface area contributed by atoms with E-state index in [2.05, 4.69) is 179 Å². The maximum Gasteiger partial charge on any atom is 0.245 e. The van der Waals surface area contributed by atoms with Crippen LogP contribution >= 0.6 is 0 Å². The Morgan fingerprint density at radius 1 is 0.355 bits per heavy atom. The van der Waals surface area contributed by atoms with Gasteiger partial charge in [0.25, 0.3) is 0 Å². The Balaban J connectivity index is 4.30. The molecule has 0 aliphatic rings. The molecule has 6 amide bonds. The van der Waals surface area contributed by atoms with E-state index in [0.717, 1.165) is 96.3 Å². The normalized spacial score (nSPS) is 13.0. The van der Waals surface area contributed by atoms with Gasteiger partial charge < -0.3 is 60.7 Å². The number of carbonyl (C=O) groups is 6. The smallest absolute Gasteiger partial charge is 0.245 e. The molecule has 0 aromatic rings. The zero-order valence-corrected chi connectivity index (χ0v) is 57.2. The van der Waals surface area contributed by atoms with Gasteiger partial charge in [0.2, 0.25) is 35.4 Å². The first-order valence-electron chi connectivity index (χ1n) is 34.5. The largest absolute Gasteiger partial charge is 0.396 e. The summed E-state index contributed by atoms with van der Waals surface area (Å²) in [6.07, 6.45) is 70.0. The number of carbonyl (C=O) groups excluding carboxylic acids is 6. The molecule has 0 spiro atoms. The summed E-state index contributed by atoms with van der Waals surface area (Å²) in [6.45, 7) is 8.04. The van der Waals surface area contributed by atoms with E-state index < -0.39 is 6.04 Å². The number of amides is 6. The van der Waals surface area contributed by atoms with E-state index in [0.29, 0.717) is 97.4 Å². The van der Waals surface area contributed by atoms with Crippen LogP contribution in [0.1, 0.15) is 174 Å². The molecule has 0 fully saturated rings. The van der Waals surface area contributed by atoms with Crippen LogP contribution in [0.25, 0.3) is 0 Å². The fraction of sp³-hybridized carbons (Fsp3) is 0.600. The van der Waals surface area contributed by atoms with Crippen molar-refractivity contribution in [2.45, 2.75) is 180 Å². The summed E-state index contributed by atoms with van der Waals surface area (Å²) < 4.78 is 27.1. The number of hydrogen-bond donors (Lipinski definition) is 7. The van der Waals surface area contributed by atoms with Crippen LogP contribution < -0.4 is 31.9 Å². The molecular formula is C75H122N6O12. The number of nitrogens with one attached hydrogen (secondary N) is 6. The molecule has 0 radical (unpaired) electrons. The average Bonchev–Trinajstić information content (AvgIpc) is 3.75. The van der Waals surface area contributed by atoms with Crippen molar-refractivity contribution in [2.75, 3.05) is 106 Å². The van der Waals surface area contributed by atoms with Gasteiger partial charge in [0.05, 0.1) is 46.2 Å². The van der Waals surface area contributed by atoms with Crippen molar-refractivity contribution in [2.24, 2.45) is 5.92 Å². The fourth-order valence-corrected chi connectivity index (χ4v) is 8.57. The van der Waals surface area contributed by atoms with E-state index in [1.807, 2.05) is 12.2 Å². The first-order valence-corrected chi connectivity index (χ1v) is 34.5. The lowest BCUT2D eigenvalue weighted by Crippen LogP contribution is -2.40. The molecule has 1 unspecified atom stereocenters. The van der Waals surface area contributed by atoms with Gasteiger partial charge >= 0.3 is 0 Å². The zero-order chi connectivity index (χ0) is 67.7. The number of allylic oxidation sites excluding steroid dienone is 24. The molecule has 18 heteroatoms. The van der Waals surface area contributed by atoms with Gasteiger partial charge in [-0.2, -0.15) is 0 Å². The van der Waals surface area contributed by atoms with Crippen LogP contribution in [0.5, 0.6) is 0 Å². The molecule has 18 nitrogen and oxygen atoms in total. The minimum Gasteiger partial charge on any atom is -0.396 e. The lowest BCUT2D eigenvalue weighted by Gasteiger charge is -2.19. The predicted molar refractivity (Wildman–Crippen MR) is 379 cm³/mol. The topological polar surface area (TPSA) is 241 Å². The molecule has 2 atom stereocenters. The molecule has 7 N–H and O–H groups in total. The summed E-state index contributed by atoms with van der Waals surface area (Å²) >= 11 is 0. The van der Waals surface area contributed by atoms with Gasteiger partial charge in [0.15, 0.2) is 0 Å². The average molecular weight is 1300 g/mol. The third-order valence-corrected chi connectivity index (χ3v) is 13.6. The van der Waals surface area contributed by atoms with E-state index in [1.165, 1.54) is 0 Å². The van der Waals surface area contributed by atoms with Gasteiger partial charge in [0.1, 0.15) is 13.2 Å². The first kappa shape index (κ1) is 86.5. The second kappa shape index (κ2) is 71.3. The highest BCUT2D eigenvalue weighted by Gasteiger charge is 2.17. The van der Waals surface area contributed by atoms with Crippen molar-refractivity contribution in [3.63, 3.8) is 0 Å². The fourth-order valence-electron chi connectivity index (χ4n) is 8.57. The first-order chi connectivity index (χ1) is 45.6. The van der Waals surface area contributed by atoms with Crippen molar-refractivity contribution in [3.8, 4) is 0 Å². The molecule has 0 rings (SSSR count). The van der Waals surface area contributed by atoms with Gasteiger partial charge in [-0.25, -0.2) is 0 Å². The van der Waals surface area contributed by atoms with Crippen molar-refractivity contribution in [1.29, 1.82) is 0 Å². The van der Waals surface area contributed by atoms with Crippen molar-refractivity contribution in [1.82, 2.24) is 31.9 Å². The molecule has 0 heterocycles. The standard InChI is InChI=1S/C75H122N6O12/c1-4-6-8-10-12-14-16-18-20-22-24-26-28-30-32-34-36-38-40-49-70(83)79-55-57-90-59-61-92-66-74(87)77-53-45-43-48-69(63-73(86)76-52-44-42-47-68(64-82)65-89-3)81-72(85)51-46-54-78-75(88)67-93-62-60-91-58-56-80-71(84)50-41-39-37-35-33-31-29-27-25-23-21-19-17-15-13-11-9-7-5-2/h6-9,12-15,18-21,24-27,30-33,36-39,68-69,82H,4-5,10-11,16-17,22-23,28-29,34-35,40-67H2,1-3H3,(H,76,86)(H,77,87)(H,78,88)(H,79,83)(H,80,84)(H,81,85)/b8-6-,9-7-,14-12-,15-13-,20-18-,21-19-,26-24-,27-25-,32-30-,33-31-,38-36-,39-37-/t68?,69-/m0/s1. The van der Waals surface area contributed by atoms with Gasteiger partial charge in [-0.05, 0) is 128 Å². The number of aliphatic hydroxyl groups excluding tert-OH is 1. The molecular weight excluding hydrogens is 1180 g/mol. The SMILES string of the molecule is CC/C=C\C/C=C\C/C=C\C/C=C\C/C=C\C/C=C\CCC(=O)NCCOCCOCC(=O)NCCCC[C@@H](CC(=O)NCCCCC(CO)COC)NC(=O)CCCNC(=O)COCCOCCNC(=O)CC/C=C\C/C=C\C/C=C\C/C=C\C/C=C\C/C=C\CC. The van der Waals surface area contributed by atoms with E-state index >= 15 is 0 Å². The highest BCUT2D eigenvalue weighted by molar-refractivity contribution is 5.80. The number of hydrogen-bond acceptors (Lipinski definition) is 12. The summed E-state index contributed by atoms with van der Waals surface area (Å²) in [5.74, 6) is -1.03. The molecule has 0 bridgehead atoms. The maximum absolute atomic E-state index is 13.0. The van der Waals surface area contributed by atoms with Crippen LogP contribution in [0.2, 0.25) is 0 Å². The zero-order valence-electron chi connectivity index (χ0n) is 57.2. The second-order valence-corrected chi connectivity index (χ2v) is 22.1. The molecule has 0 saturated heterocycles. The maximum atomic E-state index is 13.0. The van der Waals surface area contributed by atoms with Crippen LogP contribution in [-0.4, -0.2) is 152 Å². The molecule has 524 valence electrons. The van der Waals surface area contributed by atoms with Crippen molar-refractivity contribution >= 4 is 35.4 Å². The van der Waals surface area contributed by atoms with E-state index in [-0.39, 0.29) is 107 Å². The number of unbranched alkanes of at least 4 members (excludes halogenated alkanes) is 2. The van der Waals surface area contributed by atoms with Gasteiger partial charge in [-0.15, -0.1) is 0 Å². The molecule has 93 heavy (non-hydrogen) atoms. The summed E-state index contributed by atoms with van der Waals surface area (Å²) in [5, 5.41) is 26.8. The molecule has 0 aromatic heterocycles. The third-order valence-electron chi connectivity index (χ3n) is 13.6. The summed E-state index contributed by atoms with van der Waals surface area (Å²) in [7, 11) is 1.60. The van der Waals surface area contributed by atoms with Gasteiger partial charge in [0, 0.05) is 84.1 Å². The summed E-state index contributed by atoms with van der Waals surface area (Å²) in [6, 6.07) is -0.431. The minimum absolute atomic E-state index is 0.0374. The molecule has 0 aromatic carbocycles. The van der Waals surface area contributed by atoms with Gasteiger partial charge in [-0.1, -0.05) is 166 Å². The number of rotatable bonds is 64. The Hall–Kier alpha value is -6.54. The summed E-state index contributed by atoms with van der Waals surface area (Å²) in [5.41, 5.74) is 0. The van der Waals surface area contributed by atoms with E-state index in [9.17, 15) is 33.9 Å². The lowest BCUT2D eigenvalue weighted by atomic mass is 10.0. The molecule has 0 saturated carbocycles. The van der Waals surface area contributed by atoms with Crippen LogP contribution in [-0.2, 0) is 52.5 Å².